The summed E-state index contributed by atoms with van der Waals surface area (Å²) in [6, 6.07) is 0.384. The van der Waals surface area contributed by atoms with E-state index in [1.165, 1.54) is 6.92 Å². The molecule has 0 saturated heterocycles. The van der Waals surface area contributed by atoms with Crippen LogP contribution in [0.15, 0.2) is 42.9 Å². The van der Waals surface area contributed by atoms with Gasteiger partial charge in [0.1, 0.15) is 12.4 Å². The molecule has 1 atom stereocenters. The Balaban J connectivity index is 1.80. The molecule has 0 amide bonds. The van der Waals surface area contributed by atoms with E-state index in [9.17, 15) is 57.8 Å². The highest BCUT2D eigenvalue weighted by atomic mass is 32.2. The fraction of sp³-hybridized carbons (Fsp3) is 0.543. The number of carboxylic acid groups (broad SMARTS) is 1. The third-order valence-electron chi connectivity index (χ3n) is 9.35. The molecule has 0 unspecified atom stereocenters. The number of sulfone groups is 1. The normalized spacial score (nSPS) is 17.5. The highest BCUT2D eigenvalue weighted by Crippen LogP contribution is 2.40. The number of benzene rings is 1. The third-order valence-corrected chi connectivity index (χ3v) is 10.3. The maximum absolute atomic E-state index is 14.1. The summed E-state index contributed by atoms with van der Waals surface area (Å²) in [7, 11) is -3.41. The molecule has 1 aromatic carbocycles. The number of aliphatic carboxylic acids is 1. The van der Waals surface area contributed by atoms with Crippen LogP contribution < -0.4 is 14.5 Å². The Bertz CT molecular complexity index is 1850. The molecule has 304 valence electrons. The van der Waals surface area contributed by atoms with Crippen molar-refractivity contribution in [2.75, 3.05) is 41.5 Å². The van der Waals surface area contributed by atoms with Gasteiger partial charge >= 0.3 is 24.5 Å². The van der Waals surface area contributed by atoms with Crippen molar-refractivity contribution in [3.8, 4) is 5.75 Å². The molecule has 1 saturated carbocycles. The van der Waals surface area contributed by atoms with Crippen molar-refractivity contribution in [2.45, 2.75) is 77.1 Å². The highest BCUT2D eigenvalue weighted by Gasteiger charge is 2.39. The van der Waals surface area contributed by atoms with E-state index < -0.39 is 69.2 Å². The SMILES string of the molecule is CCN(CC1CCC(CC(=O)O)CC1)c1ncc(C(F)(F)F)cc1CN(c1ncc(OCCS(C)(=O)=O)cn1)[C@@H](C)c1cc(C(F)(F)F)cc(C(F)(F)F)c1. The van der Waals surface area contributed by atoms with E-state index in [1.807, 2.05) is 0 Å². The van der Waals surface area contributed by atoms with E-state index in [0.29, 0.717) is 50.6 Å². The van der Waals surface area contributed by atoms with Crippen LogP contribution in [-0.4, -0.2) is 66.2 Å². The van der Waals surface area contributed by atoms with Gasteiger partial charge in [0.05, 0.1) is 47.4 Å². The van der Waals surface area contributed by atoms with Crippen LogP contribution in [0.4, 0.5) is 51.3 Å². The van der Waals surface area contributed by atoms with Gasteiger partial charge < -0.3 is 19.6 Å². The minimum atomic E-state index is -5.19. The Morgan fingerprint density at radius 1 is 0.855 bits per heavy atom. The zero-order chi connectivity index (χ0) is 40.9. The second-order valence-corrected chi connectivity index (χ2v) is 15.8. The van der Waals surface area contributed by atoms with Gasteiger partial charge in [0.2, 0.25) is 5.95 Å². The second kappa shape index (κ2) is 17.2. The number of hydrogen-bond acceptors (Lipinski definition) is 9. The summed E-state index contributed by atoms with van der Waals surface area (Å²) < 4.78 is 154. The molecule has 3 aromatic rings. The molecule has 0 bridgehead atoms. The van der Waals surface area contributed by atoms with E-state index >= 15 is 0 Å². The van der Waals surface area contributed by atoms with Gasteiger partial charge in [0.15, 0.2) is 15.6 Å². The van der Waals surface area contributed by atoms with Gasteiger partial charge in [-0.15, -0.1) is 0 Å². The Kier molecular flexibility index (Phi) is 13.6. The number of nitrogens with zero attached hydrogens (tertiary/aromatic N) is 5. The van der Waals surface area contributed by atoms with E-state index in [4.69, 9.17) is 4.74 Å². The average molecular weight is 814 g/mol. The first-order chi connectivity index (χ1) is 25.4. The molecule has 20 heteroatoms. The average Bonchev–Trinajstić information content (AvgIpc) is 3.08. The summed E-state index contributed by atoms with van der Waals surface area (Å²) in [5.41, 5.74) is -4.93. The number of alkyl halides is 9. The predicted molar refractivity (Wildman–Crippen MR) is 183 cm³/mol. The number of anilines is 2. The minimum Gasteiger partial charge on any atom is -0.489 e. The van der Waals surface area contributed by atoms with Gasteiger partial charge in [-0.3, -0.25) is 4.79 Å². The lowest BCUT2D eigenvalue weighted by molar-refractivity contribution is -0.143. The topological polar surface area (TPSA) is 126 Å². The molecule has 2 heterocycles. The summed E-state index contributed by atoms with van der Waals surface area (Å²) in [6.07, 6.45) is -8.86. The van der Waals surface area contributed by atoms with E-state index in [1.54, 1.807) is 11.8 Å². The summed E-state index contributed by atoms with van der Waals surface area (Å²) in [4.78, 5) is 26.6. The van der Waals surface area contributed by atoms with Crippen LogP contribution in [0.1, 0.15) is 79.8 Å². The smallest absolute Gasteiger partial charge is 0.417 e. The zero-order valence-corrected chi connectivity index (χ0v) is 30.8. The van der Waals surface area contributed by atoms with Crippen LogP contribution in [0, 0.1) is 11.8 Å². The van der Waals surface area contributed by atoms with E-state index in [0.717, 1.165) is 29.6 Å². The van der Waals surface area contributed by atoms with E-state index in [-0.39, 0.29) is 66.3 Å². The van der Waals surface area contributed by atoms with Gasteiger partial charge in [-0.2, -0.15) is 39.5 Å². The number of carbonyl (C=O) groups is 1. The van der Waals surface area contributed by atoms with E-state index in [2.05, 4.69) is 15.0 Å². The molecular weight excluding hydrogens is 773 g/mol. The number of aromatic nitrogens is 3. The van der Waals surface area contributed by atoms with Crippen molar-refractivity contribution < 1.29 is 62.6 Å². The Hall–Kier alpha value is -4.36. The molecule has 0 aliphatic heterocycles. The predicted octanol–water partition coefficient (Wildman–Crippen LogP) is 8.23. The lowest BCUT2D eigenvalue weighted by atomic mass is 9.80. The van der Waals surface area contributed by atoms with Gasteiger partial charge in [-0.1, -0.05) is 0 Å². The van der Waals surface area contributed by atoms with Crippen LogP contribution in [0.3, 0.4) is 0 Å². The van der Waals surface area contributed by atoms with Gasteiger partial charge in [-0.05, 0) is 81.2 Å². The largest absolute Gasteiger partial charge is 0.489 e. The number of pyridine rings is 1. The summed E-state index contributed by atoms with van der Waals surface area (Å²) >= 11 is 0. The first-order valence-electron chi connectivity index (χ1n) is 17.2. The zero-order valence-electron chi connectivity index (χ0n) is 30.0. The molecule has 2 aromatic heterocycles. The molecule has 0 radical (unpaired) electrons. The maximum Gasteiger partial charge on any atom is 0.417 e. The maximum atomic E-state index is 14.1. The highest BCUT2D eigenvalue weighted by molar-refractivity contribution is 7.90. The molecule has 1 fully saturated rings. The fourth-order valence-corrected chi connectivity index (χ4v) is 6.80. The number of carboxylic acids is 1. The number of ether oxygens (including phenoxy) is 1. The van der Waals surface area contributed by atoms with Crippen LogP contribution in [-0.2, 0) is 39.7 Å². The van der Waals surface area contributed by atoms with Gasteiger partial charge in [0, 0.05) is 37.5 Å². The molecule has 4 rings (SSSR count). The van der Waals surface area contributed by atoms with Gasteiger partial charge in [0.25, 0.3) is 0 Å². The first kappa shape index (κ1) is 43.4. The van der Waals surface area contributed by atoms with Crippen molar-refractivity contribution in [3.63, 3.8) is 0 Å². The van der Waals surface area contributed by atoms with Crippen molar-refractivity contribution in [1.82, 2.24) is 15.0 Å². The van der Waals surface area contributed by atoms with Gasteiger partial charge in [-0.25, -0.2) is 23.4 Å². The van der Waals surface area contributed by atoms with Crippen LogP contribution in [0.5, 0.6) is 5.75 Å². The molecule has 1 N–H and O–H groups in total. The quantitative estimate of drug-likeness (QED) is 0.150. The summed E-state index contributed by atoms with van der Waals surface area (Å²) in [6.45, 7) is 2.72. The molecule has 55 heavy (non-hydrogen) atoms. The molecule has 0 spiro atoms. The monoisotopic (exact) mass is 813 g/mol. The molecular formula is C35H40F9N5O5S. The Labute approximate surface area is 311 Å². The van der Waals surface area contributed by atoms with Crippen molar-refractivity contribution in [3.05, 3.63) is 70.7 Å². The lowest BCUT2D eigenvalue weighted by Crippen LogP contribution is -2.35. The summed E-state index contributed by atoms with van der Waals surface area (Å²) in [5.74, 6) is -1.51. The van der Waals surface area contributed by atoms with Crippen LogP contribution in [0.2, 0.25) is 0 Å². The Morgan fingerprint density at radius 3 is 1.89 bits per heavy atom. The lowest BCUT2D eigenvalue weighted by Gasteiger charge is -2.35. The van der Waals surface area contributed by atoms with Crippen molar-refractivity contribution in [2.24, 2.45) is 11.8 Å². The van der Waals surface area contributed by atoms with Crippen LogP contribution >= 0.6 is 0 Å². The molecule has 10 nitrogen and oxygen atoms in total. The fourth-order valence-electron chi connectivity index (χ4n) is 6.41. The van der Waals surface area contributed by atoms with Crippen molar-refractivity contribution >= 4 is 27.6 Å². The Morgan fingerprint density at radius 2 is 1.40 bits per heavy atom. The minimum absolute atomic E-state index is 0.0104. The summed E-state index contributed by atoms with van der Waals surface area (Å²) in [5, 5.41) is 9.18. The second-order valence-electron chi connectivity index (χ2n) is 13.6. The molecule has 1 aliphatic rings. The first-order valence-corrected chi connectivity index (χ1v) is 19.2. The van der Waals surface area contributed by atoms with Crippen molar-refractivity contribution in [1.29, 1.82) is 0 Å². The third kappa shape index (κ3) is 12.3. The number of rotatable bonds is 15. The number of hydrogen-bond donors (Lipinski definition) is 1. The standard InChI is InChI=1S/C35H40F9N5O5S/c1-4-48(19-23-7-5-22(6-8-23)11-30(50)51)31-25(14-28(16-45-31)35(42,43)44)20-49(32-46-17-29(18-47-32)54-9-10-55(3,52)53)21(2)24-12-26(33(36,37)38)15-27(13-24)34(39,40)41/h12-18,21-23H,4-11,19-20H2,1-3H3,(H,50,51)/t21-,22?,23?/m0/s1. The molecule has 1 aliphatic carbocycles. The number of halogens is 9. The van der Waals surface area contributed by atoms with Crippen LogP contribution in [0.25, 0.3) is 0 Å².